The molecule has 0 radical (unpaired) electrons. The molecule has 0 aromatic heterocycles. The highest BCUT2D eigenvalue weighted by Crippen LogP contribution is 2.30. The smallest absolute Gasteiger partial charge is 0.311 e. The molecule has 0 atom stereocenters. The van der Waals surface area contributed by atoms with E-state index in [1.54, 1.807) is 19.9 Å². The second kappa shape index (κ2) is 6.62. The van der Waals surface area contributed by atoms with E-state index in [4.69, 9.17) is 15.4 Å². The van der Waals surface area contributed by atoms with Crippen molar-refractivity contribution in [2.45, 2.75) is 27.2 Å². The van der Waals surface area contributed by atoms with Crippen LogP contribution in [0, 0.1) is 15.5 Å². The van der Waals surface area contributed by atoms with E-state index in [1.807, 2.05) is 6.92 Å². The van der Waals surface area contributed by atoms with E-state index in [-0.39, 0.29) is 23.8 Å². The van der Waals surface area contributed by atoms with Gasteiger partial charge in [0.2, 0.25) is 9.05 Å². The summed E-state index contributed by atoms with van der Waals surface area (Å²) in [6.07, 6.45) is 0.678. The molecule has 0 saturated heterocycles. The fraction of sp³-hybridized carbons (Fsp3) is 0.538. The molecule has 1 aromatic rings. The topological polar surface area (TPSA) is 86.5 Å². The van der Waals surface area contributed by atoms with Crippen LogP contribution in [-0.2, 0) is 15.5 Å². The molecule has 1 rings (SSSR count). The van der Waals surface area contributed by atoms with Gasteiger partial charge in [-0.1, -0.05) is 26.8 Å². The number of hydrogen-bond acceptors (Lipinski definition) is 5. The molecule has 1 aromatic carbocycles. The minimum atomic E-state index is -3.66. The summed E-state index contributed by atoms with van der Waals surface area (Å²) in [5, 5.41) is 11.1. The summed E-state index contributed by atoms with van der Waals surface area (Å²) in [5.74, 6) is -0.153. The standard InChI is InChI=1S/C13H18ClNO5S/c1-4-10-5-6-12(11(7-10)15(16)17)20-8-13(2,3)9-21(14,18)19/h5-7H,4,8-9H2,1-3H3. The van der Waals surface area contributed by atoms with Gasteiger partial charge in [0, 0.05) is 22.2 Å². The van der Waals surface area contributed by atoms with Crippen molar-refractivity contribution >= 4 is 25.4 Å². The van der Waals surface area contributed by atoms with Crippen molar-refractivity contribution < 1.29 is 18.1 Å². The highest BCUT2D eigenvalue weighted by molar-refractivity contribution is 8.13. The molecular weight excluding hydrogens is 318 g/mol. The lowest BCUT2D eigenvalue weighted by molar-refractivity contribution is -0.386. The van der Waals surface area contributed by atoms with E-state index in [1.165, 1.54) is 12.1 Å². The molecule has 0 N–H and O–H groups in total. The molecule has 0 heterocycles. The number of aryl methyl sites for hydroxylation is 1. The predicted octanol–water partition coefficient (Wildman–Crippen LogP) is 3.13. The Hall–Kier alpha value is -1.34. The molecule has 6 nitrogen and oxygen atoms in total. The average Bonchev–Trinajstić information content (AvgIpc) is 2.33. The first-order valence-corrected chi connectivity index (χ1v) is 8.84. The molecule has 0 amide bonds. The molecule has 0 aliphatic carbocycles. The minimum Gasteiger partial charge on any atom is -0.486 e. The van der Waals surface area contributed by atoms with Crippen molar-refractivity contribution in [2.75, 3.05) is 12.4 Å². The first-order valence-electron chi connectivity index (χ1n) is 6.36. The fourth-order valence-corrected chi connectivity index (χ4v) is 3.73. The van der Waals surface area contributed by atoms with Gasteiger partial charge in [-0.05, 0) is 18.1 Å². The maximum absolute atomic E-state index is 11.1. The van der Waals surface area contributed by atoms with Crippen molar-refractivity contribution in [3.8, 4) is 5.75 Å². The molecular formula is C13H18ClNO5S. The molecule has 0 spiro atoms. The highest BCUT2D eigenvalue weighted by atomic mass is 35.7. The van der Waals surface area contributed by atoms with E-state index in [9.17, 15) is 18.5 Å². The highest BCUT2D eigenvalue weighted by Gasteiger charge is 2.27. The Labute approximate surface area is 128 Å². The Bertz CT molecular complexity index is 627. The summed E-state index contributed by atoms with van der Waals surface area (Å²) in [5.41, 5.74) is -0.0479. The quantitative estimate of drug-likeness (QED) is 0.434. The summed E-state index contributed by atoms with van der Waals surface area (Å²) in [7, 11) is 1.56. The molecule has 0 saturated carbocycles. The van der Waals surface area contributed by atoms with E-state index < -0.39 is 19.4 Å². The molecule has 0 unspecified atom stereocenters. The molecule has 0 aliphatic heterocycles. The fourth-order valence-electron chi connectivity index (χ4n) is 1.83. The van der Waals surface area contributed by atoms with Crippen LogP contribution in [0.1, 0.15) is 26.3 Å². The Balaban J connectivity index is 2.91. The van der Waals surface area contributed by atoms with Crippen LogP contribution in [0.2, 0.25) is 0 Å². The van der Waals surface area contributed by atoms with Crippen molar-refractivity contribution in [3.05, 3.63) is 33.9 Å². The zero-order valence-corrected chi connectivity index (χ0v) is 13.7. The van der Waals surface area contributed by atoms with Crippen LogP contribution in [0.5, 0.6) is 5.75 Å². The van der Waals surface area contributed by atoms with E-state index in [0.29, 0.717) is 6.42 Å². The lowest BCUT2D eigenvalue weighted by Gasteiger charge is -2.22. The Morgan fingerprint density at radius 1 is 1.38 bits per heavy atom. The Morgan fingerprint density at radius 3 is 2.48 bits per heavy atom. The van der Waals surface area contributed by atoms with Crippen LogP contribution < -0.4 is 4.74 Å². The lowest BCUT2D eigenvalue weighted by atomic mass is 9.98. The van der Waals surface area contributed by atoms with Crippen molar-refractivity contribution in [1.29, 1.82) is 0 Å². The van der Waals surface area contributed by atoms with E-state index in [2.05, 4.69) is 0 Å². The summed E-state index contributed by atoms with van der Waals surface area (Å²) in [4.78, 5) is 10.5. The summed E-state index contributed by atoms with van der Waals surface area (Å²) < 4.78 is 27.7. The van der Waals surface area contributed by atoms with Gasteiger partial charge in [0.05, 0.1) is 17.3 Å². The first-order chi connectivity index (χ1) is 9.54. The van der Waals surface area contributed by atoms with Gasteiger partial charge in [-0.15, -0.1) is 0 Å². The number of nitro groups is 1. The van der Waals surface area contributed by atoms with E-state index >= 15 is 0 Å². The van der Waals surface area contributed by atoms with Crippen LogP contribution in [0.3, 0.4) is 0 Å². The van der Waals surface area contributed by atoms with Crippen LogP contribution >= 0.6 is 10.7 Å². The van der Waals surface area contributed by atoms with Crippen molar-refractivity contribution in [3.63, 3.8) is 0 Å². The second-order valence-electron chi connectivity index (χ2n) is 5.55. The van der Waals surface area contributed by atoms with Gasteiger partial charge in [0.1, 0.15) is 0 Å². The van der Waals surface area contributed by atoms with Crippen LogP contribution in [-0.4, -0.2) is 25.7 Å². The van der Waals surface area contributed by atoms with Crippen LogP contribution in [0.4, 0.5) is 5.69 Å². The zero-order chi connectivity index (χ0) is 16.3. The largest absolute Gasteiger partial charge is 0.486 e. The van der Waals surface area contributed by atoms with Crippen molar-refractivity contribution in [2.24, 2.45) is 5.41 Å². The monoisotopic (exact) mass is 335 g/mol. The van der Waals surface area contributed by atoms with Gasteiger partial charge in [-0.2, -0.15) is 0 Å². The first kappa shape index (κ1) is 17.7. The van der Waals surface area contributed by atoms with Gasteiger partial charge in [-0.25, -0.2) is 8.42 Å². The molecule has 21 heavy (non-hydrogen) atoms. The summed E-state index contributed by atoms with van der Waals surface area (Å²) in [6, 6.07) is 4.73. The second-order valence-corrected chi connectivity index (χ2v) is 8.33. The number of hydrogen-bond donors (Lipinski definition) is 0. The number of nitro benzene ring substituents is 1. The van der Waals surface area contributed by atoms with Gasteiger partial charge < -0.3 is 4.74 Å². The molecule has 0 aliphatic rings. The number of benzene rings is 1. The number of halogens is 1. The molecule has 0 bridgehead atoms. The lowest BCUT2D eigenvalue weighted by Crippen LogP contribution is -2.28. The summed E-state index contributed by atoms with van der Waals surface area (Å²) in [6.45, 7) is 5.23. The SMILES string of the molecule is CCc1ccc(OCC(C)(C)CS(=O)(=O)Cl)c([N+](=O)[O-])c1. The van der Waals surface area contributed by atoms with E-state index in [0.717, 1.165) is 5.56 Å². The normalized spacial score (nSPS) is 12.2. The summed E-state index contributed by atoms with van der Waals surface area (Å²) >= 11 is 0. The zero-order valence-electron chi connectivity index (χ0n) is 12.1. The number of rotatable bonds is 7. The number of ether oxygens (including phenoxy) is 1. The molecule has 8 heteroatoms. The Kier molecular flexibility index (Phi) is 5.58. The molecule has 118 valence electrons. The van der Waals surface area contributed by atoms with Gasteiger partial charge in [0.25, 0.3) is 0 Å². The Morgan fingerprint density at radius 2 is 2.00 bits per heavy atom. The van der Waals surface area contributed by atoms with Gasteiger partial charge in [0.15, 0.2) is 5.75 Å². The third-order valence-electron chi connectivity index (χ3n) is 2.81. The van der Waals surface area contributed by atoms with Crippen molar-refractivity contribution in [1.82, 2.24) is 0 Å². The van der Waals surface area contributed by atoms with Crippen LogP contribution in [0.15, 0.2) is 18.2 Å². The maximum Gasteiger partial charge on any atom is 0.311 e. The maximum atomic E-state index is 11.1. The average molecular weight is 336 g/mol. The molecule has 0 fully saturated rings. The minimum absolute atomic E-state index is 0.00522. The third-order valence-corrected chi connectivity index (χ3v) is 4.26. The predicted molar refractivity (Wildman–Crippen MR) is 81.4 cm³/mol. The van der Waals surface area contributed by atoms with Gasteiger partial charge >= 0.3 is 5.69 Å². The van der Waals surface area contributed by atoms with Crippen LogP contribution in [0.25, 0.3) is 0 Å². The van der Waals surface area contributed by atoms with Gasteiger partial charge in [-0.3, -0.25) is 10.1 Å². The number of nitrogens with zero attached hydrogens (tertiary/aromatic N) is 1. The third kappa shape index (κ3) is 5.89.